The fourth-order valence-corrected chi connectivity index (χ4v) is 4.69. The summed E-state index contributed by atoms with van der Waals surface area (Å²) < 4.78 is 27.6. The lowest BCUT2D eigenvalue weighted by Crippen LogP contribution is -2.25. The highest BCUT2D eigenvalue weighted by atomic mass is 35.5. The molecule has 0 saturated heterocycles. The molecule has 0 saturated carbocycles. The molecule has 9 heteroatoms. The van der Waals surface area contributed by atoms with E-state index in [1.165, 1.54) is 0 Å². The van der Waals surface area contributed by atoms with Gasteiger partial charge in [-0.1, -0.05) is 35.9 Å². The topological polar surface area (TPSA) is 82.4 Å². The summed E-state index contributed by atoms with van der Waals surface area (Å²) in [6.45, 7) is 2.51. The number of furan rings is 1. The molecule has 0 fully saturated rings. The van der Waals surface area contributed by atoms with Crippen molar-refractivity contribution < 1.29 is 28.2 Å². The molecule has 0 unspecified atom stereocenters. The van der Waals surface area contributed by atoms with E-state index in [9.17, 15) is 4.79 Å². The van der Waals surface area contributed by atoms with E-state index in [2.05, 4.69) is 10.2 Å². The Kier molecular flexibility index (Phi) is 8.78. The summed E-state index contributed by atoms with van der Waals surface area (Å²) in [4.78, 5) is 15.0. The van der Waals surface area contributed by atoms with Gasteiger partial charge in [0.25, 0.3) is 5.91 Å². The van der Waals surface area contributed by atoms with Crippen molar-refractivity contribution in [3.05, 3.63) is 106 Å². The molecule has 0 aliphatic carbocycles. The van der Waals surface area contributed by atoms with Gasteiger partial charge >= 0.3 is 0 Å². The van der Waals surface area contributed by atoms with E-state index in [4.69, 9.17) is 35.0 Å². The van der Waals surface area contributed by atoms with Gasteiger partial charge in [-0.3, -0.25) is 9.69 Å². The van der Waals surface area contributed by atoms with Crippen LogP contribution in [0.25, 0.3) is 0 Å². The van der Waals surface area contributed by atoms with Gasteiger partial charge in [0, 0.05) is 24.7 Å². The molecular weight excluding hydrogens is 532 g/mol. The van der Waals surface area contributed by atoms with Gasteiger partial charge in [-0.05, 0) is 71.6 Å². The smallest absolute Gasteiger partial charge is 0.287 e. The van der Waals surface area contributed by atoms with E-state index in [0.717, 1.165) is 28.2 Å². The molecule has 8 nitrogen and oxygen atoms in total. The third-order valence-corrected chi connectivity index (χ3v) is 6.83. The van der Waals surface area contributed by atoms with Gasteiger partial charge in [-0.2, -0.15) is 0 Å². The van der Waals surface area contributed by atoms with Gasteiger partial charge < -0.3 is 28.7 Å². The first-order chi connectivity index (χ1) is 19.5. The van der Waals surface area contributed by atoms with E-state index in [0.29, 0.717) is 54.9 Å². The highest BCUT2D eigenvalue weighted by Gasteiger charge is 2.18. The normalized spacial score (nSPS) is 12.0. The quantitative estimate of drug-likeness (QED) is 0.232. The number of halogens is 1. The van der Waals surface area contributed by atoms with Crippen molar-refractivity contribution in [2.24, 2.45) is 0 Å². The minimum absolute atomic E-state index is 0.235. The van der Waals surface area contributed by atoms with Crippen molar-refractivity contribution in [2.45, 2.75) is 26.1 Å². The molecule has 208 valence electrons. The lowest BCUT2D eigenvalue weighted by molar-refractivity contribution is 0.0922. The number of rotatable bonds is 12. The third-order valence-electron chi connectivity index (χ3n) is 6.57. The Balaban J connectivity index is 1.22. The SMILES string of the molecule is COc1ccc(CCNC(=O)c2ccc(CN(Cc3ccc(Cl)cc3)Cc3ccc4c(c3)OCO4)o2)cc1OC. The van der Waals surface area contributed by atoms with Crippen molar-refractivity contribution in [3.8, 4) is 23.0 Å². The average Bonchev–Trinajstić information content (AvgIpc) is 3.63. The second-order valence-corrected chi connectivity index (χ2v) is 9.86. The van der Waals surface area contributed by atoms with E-state index in [-0.39, 0.29) is 18.5 Å². The van der Waals surface area contributed by atoms with Gasteiger partial charge in [-0.25, -0.2) is 0 Å². The van der Waals surface area contributed by atoms with E-state index in [1.807, 2.05) is 66.7 Å². The number of nitrogens with one attached hydrogen (secondary N) is 1. The predicted octanol–water partition coefficient (Wildman–Crippen LogP) is 5.85. The summed E-state index contributed by atoms with van der Waals surface area (Å²) in [5.74, 6) is 3.53. The van der Waals surface area contributed by atoms with Crippen LogP contribution in [0.4, 0.5) is 0 Å². The molecule has 4 aromatic rings. The van der Waals surface area contributed by atoms with Crippen LogP contribution in [0, 0.1) is 0 Å². The van der Waals surface area contributed by atoms with Crippen LogP contribution in [0.3, 0.4) is 0 Å². The Labute approximate surface area is 238 Å². The molecule has 2 heterocycles. The maximum absolute atomic E-state index is 12.8. The van der Waals surface area contributed by atoms with E-state index in [1.54, 1.807) is 20.3 Å². The molecule has 1 amide bonds. The number of fused-ring (bicyclic) bond motifs is 1. The summed E-state index contributed by atoms with van der Waals surface area (Å²) >= 11 is 6.09. The molecule has 1 aromatic heterocycles. The molecule has 5 rings (SSSR count). The second kappa shape index (κ2) is 12.8. The van der Waals surface area contributed by atoms with Gasteiger partial charge in [-0.15, -0.1) is 0 Å². The van der Waals surface area contributed by atoms with Gasteiger partial charge in [0.1, 0.15) is 5.76 Å². The zero-order valence-corrected chi connectivity index (χ0v) is 23.2. The molecule has 1 aliphatic rings. The van der Waals surface area contributed by atoms with Crippen LogP contribution in [0.5, 0.6) is 23.0 Å². The maximum atomic E-state index is 12.8. The van der Waals surface area contributed by atoms with Crippen LogP contribution in [0.2, 0.25) is 5.02 Å². The minimum atomic E-state index is -0.258. The summed E-state index contributed by atoms with van der Waals surface area (Å²) in [6, 6.07) is 23.0. The molecule has 1 aliphatic heterocycles. The number of carbonyl (C=O) groups excluding carboxylic acids is 1. The van der Waals surface area contributed by atoms with Crippen molar-refractivity contribution >= 4 is 17.5 Å². The number of benzene rings is 3. The first-order valence-electron chi connectivity index (χ1n) is 12.9. The number of carbonyl (C=O) groups is 1. The number of ether oxygens (including phenoxy) is 4. The van der Waals surface area contributed by atoms with Crippen molar-refractivity contribution in [1.82, 2.24) is 10.2 Å². The molecular formula is C31H31ClN2O6. The molecule has 0 bridgehead atoms. The lowest BCUT2D eigenvalue weighted by atomic mass is 10.1. The Hall–Kier alpha value is -4.14. The lowest BCUT2D eigenvalue weighted by Gasteiger charge is -2.22. The molecule has 3 aromatic carbocycles. The first kappa shape index (κ1) is 27.4. The van der Waals surface area contributed by atoms with Crippen LogP contribution in [0.15, 0.2) is 77.2 Å². The predicted molar refractivity (Wildman–Crippen MR) is 151 cm³/mol. The zero-order chi connectivity index (χ0) is 27.9. The summed E-state index contributed by atoms with van der Waals surface area (Å²) in [5, 5.41) is 3.63. The number of nitrogens with zero attached hydrogens (tertiary/aromatic N) is 1. The van der Waals surface area contributed by atoms with Crippen LogP contribution >= 0.6 is 11.6 Å². The maximum Gasteiger partial charge on any atom is 0.287 e. The summed E-state index contributed by atoms with van der Waals surface area (Å²) in [5.41, 5.74) is 3.22. The Morgan fingerprint density at radius 2 is 1.55 bits per heavy atom. The number of amides is 1. The van der Waals surface area contributed by atoms with Crippen molar-refractivity contribution in [2.75, 3.05) is 27.6 Å². The molecule has 0 spiro atoms. The third kappa shape index (κ3) is 6.89. The molecule has 0 atom stereocenters. The average molecular weight is 563 g/mol. The Morgan fingerprint density at radius 3 is 2.35 bits per heavy atom. The largest absolute Gasteiger partial charge is 0.493 e. The van der Waals surface area contributed by atoms with Crippen molar-refractivity contribution in [3.63, 3.8) is 0 Å². The summed E-state index contributed by atoms with van der Waals surface area (Å²) in [7, 11) is 3.20. The van der Waals surface area contributed by atoms with Crippen LogP contribution in [-0.4, -0.2) is 38.4 Å². The van der Waals surface area contributed by atoms with Crippen LogP contribution < -0.4 is 24.3 Å². The van der Waals surface area contributed by atoms with Crippen molar-refractivity contribution in [1.29, 1.82) is 0 Å². The molecule has 40 heavy (non-hydrogen) atoms. The minimum Gasteiger partial charge on any atom is -0.493 e. The fraction of sp³-hybridized carbons (Fsp3) is 0.258. The monoisotopic (exact) mass is 562 g/mol. The number of methoxy groups -OCH3 is 2. The van der Waals surface area contributed by atoms with E-state index < -0.39 is 0 Å². The van der Waals surface area contributed by atoms with Gasteiger partial charge in [0.05, 0.1) is 20.8 Å². The van der Waals surface area contributed by atoms with Crippen LogP contribution in [-0.2, 0) is 26.1 Å². The van der Waals surface area contributed by atoms with E-state index >= 15 is 0 Å². The molecule has 1 N–H and O–H groups in total. The summed E-state index contributed by atoms with van der Waals surface area (Å²) in [6.07, 6.45) is 0.643. The van der Waals surface area contributed by atoms with Gasteiger partial charge in [0.15, 0.2) is 28.8 Å². The highest BCUT2D eigenvalue weighted by molar-refractivity contribution is 6.30. The number of hydrogen-bond acceptors (Lipinski definition) is 7. The zero-order valence-electron chi connectivity index (χ0n) is 22.4. The number of hydrogen-bond donors (Lipinski definition) is 1. The highest BCUT2D eigenvalue weighted by Crippen LogP contribution is 2.33. The second-order valence-electron chi connectivity index (χ2n) is 9.42. The van der Waals surface area contributed by atoms with Crippen LogP contribution in [0.1, 0.15) is 33.0 Å². The van der Waals surface area contributed by atoms with Gasteiger partial charge in [0.2, 0.25) is 6.79 Å². The first-order valence-corrected chi connectivity index (χ1v) is 13.3. The Morgan fingerprint density at radius 1 is 0.825 bits per heavy atom. The fourth-order valence-electron chi connectivity index (χ4n) is 4.56. The molecule has 0 radical (unpaired) electrons. The Bertz CT molecular complexity index is 1450. The standard InChI is InChI=1S/C31H31ClN2O6/c1-36-26-10-5-21(15-29(26)37-2)13-14-33-31(35)28-12-9-25(40-28)19-34(17-22-3-7-24(32)8-4-22)18-23-6-11-27-30(16-23)39-20-38-27/h3-12,15-16H,13-14,17-20H2,1-2H3,(H,33,35).